The Kier molecular flexibility index (Phi) is 6.53. The van der Waals surface area contributed by atoms with Gasteiger partial charge in [0.15, 0.2) is 5.75 Å². The number of hydrogen-bond acceptors (Lipinski definition) is 7. The van der Waals surface area contributed by atoms with Gasteiger partial charge in [-0.15, -0.1) is 0 Å². The lowest BCUT2D eigenvalue weighted by Crippen LogP contribution is -2.26. The highest BCUT2D eigenvalue weighted by Crippen LogP contribution is 2.33. The molecule has 0 aliphatic carbocycles. The van der Waals surface area contributed by atoms with Gasteiger partial charge >= 0.3 is 22.3 Å². The Hall–Kier alpha value is -3.74. The number of carbonyl (C=O) groups is 1. The normalized spacial score (nSPS) is 11.8. The standard InChI is InChI=1S/C20H14F4N2O6S/c1-2-31-19(28)18-16(11-17(27)26(25-18)12-6-4-3-5-7-12)32-33(29,30)13-8-9-15(21)14(10-13)20(22,23)24/h3-11H,2H2,1H3. The number of benzene rings is 2. The van der Waals surface area contributed by atoms with E-state index in [1.807, 2.05) is 0 Å². The zero-order chi connectivity index (χ0) is 24.4. The second-order valence-electron chi connectivity index (χ2n) is 6.34. The molecule has 0 saturated carbocycles. The summed E-state index contributed by atoms with van der Waals surface area (Å²) in [6, 6.07) is 9.29. The van der Waals surface area contributed by atoms with Gasteiger partial charge in [0, 0.05) is 0 Å². The predicted octanol–water partition coefficient (Wildman–Crippen LogP) is 3.33. The number of hydrogen-bond donors (Lipinski definition) is 0. The van der Waals surface area contributed by atoms with Gasteiger partial charge < -0.3 is 8.92 Å². The van der Waals surface area contributed by atoms with E-state index in [1.54, 1.807) is 18.2 Å². The average Bonchev–Trinajstić information content (AvgIpc) is 2.73. The summed E-state index contributed by atoms with van der Waals surface area (Å²) in [6.45, 7) is 1.32. The Balaban J connectivity index is 2.12. The lowest BCUT2D eigenvalue weighted by Gasteiger charge is -2.13. The number of carbonyl (C=O) groups excluding carboxylic acids is 1. The number of para-hydroxylation sites is 1. The molecule has 0 unspecified atom stereocenters. The van der Waals surface area contributed by atoms with Gasteiger partial charge in [-0.2, -0.15) is 31.4 Å². The molecular formula is C20H14F4N2O6S. The van der Waals surface area contributed by atoms with Gasteiger partial charge in [-0.05, 0) is 37.3 Å². The monoisotopic (exact) mass is 486 g/mol. The SMILES string of the molecule is CCOC(=O)c1nn(-c2ccccc2)c(=O)cc1OS(=O)(=O)c1ccc(F)c(C(F)(F)F)c1. The minimum absolute atomic E-state index is 0.0350. The van der Waals surface area contributed by atoms with Crippen LogP contribution in [0.1, 0.15) is 23.0 Å². The van der Waals surface area contributed by atoms with E-state index in [-0.39, 0.29) is 18.4 Å². The lowest BCUT2D eigenvalue weighted by molar-refractivity contribution is -0.140. The fourth-order valence-corrected chi connectivity index (χ4v) is 3.60. The van der Waals surface area contributed by atoms with Crippen molar-refractivity contribution in [1.29, 1.82) is 0 Å². The number of rotatable bonds is 6. The second kappa shape index (κ2) is 9.02. The number of aromatic nitrogens is 2. The molecule has 0 radical (unpaired) electrons. The van der Waals surface area contributed by atoms with E-state index in [2.05, 4.69) is 5.10 Å². The van der Waals surface area contributed by atoms with Crippen LogP contribution in [0.4, 0.5) is 17.6 Å². The summed E-state index contributed by atoms with van der Waals surface area (Å²) in [5.41, 5.74) is -3.23. The average molecular weight is 486 g/mol. The third-order valence-corrected chi connectivity index (χ3v) is 5.33. The first-order valence-corrected chi connectivity index (χ1v) is 10.5. The molecule has 8 nitrogen and oxygen atoms in total. The molecule has 0 spiro atoms. The van der Waals surface area contributed by atoms with Gasteiger partial charge in [-0.25, -0.2) is 9.18 Å². The van der Waals surface area contributed by atoms with Gasteiger partial charge in [-0.3, -0.25) is 4.79 Å². The van der Waals surface area contributed by atoms with Crippen LogP contribution < -0.4 is 9.74 Å². The molecule has 174 valence electrons. The zero-order valence-corrected chi connectivity index (χ0v) is 17.5. The van der Waals surface area contributed by atoms with Crippen LogP contribution in [0.3, 0.4) is 0 Å². The van der Waals surface area contributed by atoms with Crippen molar-refractivity contribution in [3.05, 3.63) is 82.0 Å². The second-order valence-corrected chi connectivity index (χ2v) is 7.89. The number of esters is 1. The Morgan fingerprint density at radius 2 is 1.76 bits per heavy atom. The topological polar surface area (TPSA) is 105 Å². The fourth-order valence-electron chi connectivity index (χ4n) is 2.64. The van der Waals surface area contributed by atoms with Gasteiger partial charge in [0.25, 0.3) is 5.56 Å². The smallest absolute Gasteiger partial charge is 0.419 e. The van der Waals surface area contributed by atoms with E-state index in [4.69, 9.17) is 8.92 Å². The van der Waals surface area contributed by atoms with Crippen molar-refractivity contribution in [3.8, 4) is 11.4 Å². The minimum Gasteiger partial charge on any atom is -0.461 e. The minimum atomic E-state index is -5.18. The Bertz CT molecular complexity index is 1360. The zero-order valence-electron chi connectivity index (χ0n) is 16.7. The van der Waals surface area contributed by atoms with Crippen LogP contribution in [0.5, 0.6) is 5.75 Å². The number of alkyl halides is 3. The molecule has 3 rings (SSSR count). The fraction of sp³-hybridized carbons (Fsp3) is 0.150. The first-order valence-electron chi connectivity index (χ1n) is 9.12. The van der Waals surface area contributed by atoms with Crippen molar-refractivity contribution >= 4 is 16.1 Å². The van der Waals surface area contributed by atoms with Crippen molar-refractivity contribution in [3.63, 3.8) is 0 Å². The van der Waals surface area contributed by atoms with E-state index in [9.17, 15) is 35.6 Å². The van der Waals surface area contributed by atoms with E-state index in [0.29, 0.717) is 18.2 Å². The molecule has 0 aliphatic heterocycles. The molecule has 13 heteroatoms. The first kappa shape index (κ1) is 23.9. The maximum atomic E-state index is 13.5. The number of halogens is 4. The Morgan fingerprint density at radius 3 is 2.36 bits per heavy atom. The highest BCUT2D eigenvalue weighted by Gasteiger charge is 2.36. The van der Waals surface area contributed by atoms with E-state index >= 15 is 0 Å². The Labute approximate surface area is 184 Å². The van der Waals surface area contributed by atoms with Gasteiger partial charge in [-0.1, -0.05) is 18.2 Å². The molecular weight excluding hydrogens is 472 g/mol. The van der Waals surface area contributed by atoms with Crippen LogP contribution in [-0.4, -0.2) is 30.8 Å². The highest BCUT2D eigenvalue weighted by molar-refractivity contribution is 7.87. The van der Waals surface area contributed by atoms with E-state index in [0.717, 1.165) is 4.68 Å². The van der Waals surface area contributed by atoms with Gasteiger partial charge in [0.05, 0.1) is 23.9 Å². The maximum absolute atomic E-state index is 13.5. The van der Waals surface area contributed by atoms with Crippen molar-refractivity contribution in [2.45, 2.75) is 18.0 Å². The van der Waals surface area contributed by atoms with Crippen LogP contribution in [-0.2, 0) is 21.0 Å². The molecule has 1 heterocycles. The molecule has 2 aromatic carbocycles. The third-order valence-electron chi connectivity index (χ3n) is 4.10. The summed E-state index contributed by atoms with van der Waals surface area (Å²) in [5, 5.41) is 3.81. The molecule has 0 fully saturated rings. The molecule has 0 bridgehead atoms. The van der Waals surface area contributed by atoms with Crippen molar-refractivity contribution < 1.29 is 39.7 Å². The maximum Gasteiger partial charge on any atom is 0.419 e. The summed E-state index contributed by atoms with van der Waals surface area (Å²) in [5.74, 6) is -3.72. The summed E-state index contributed by atoms with van der Waals surface area (Å²) in [6.07, 6.45) is -5.18. The highest BCUT2D eigenvalue weighted by atomic mass is 32.2. The van der Waals surface area contributed by atoms with Crippen LogP contribution in [0.15, 0.2) is 64.3 Å². The molecule has 0 N–H and O–H groups in total. The summed E-state index contributed by atoms with van der Waals surface area (Å²) >= 11 is 0. The van der Waals surface area contributed by atoms with E-state index < -0.39 is 55.5 Å². The van der Waals surface area contributed by atoms with E-state index in [1.165, 1.54) is 19.1 Å². The van der Waals surface area contributed by atoms with Crippen molar-refractivity contribution in [2.24, 2.45) is 0 Å². The van der Waals surface area contributed by atoms with Crippen molar-refractivity contribution in [2.75, 3.05) is 6.61 Å². The molecule has 0 saturated heterocycles. The number of ether oxygens (including phenoxy) is 1. The largest absolute Gasteiger partial charge is 0.461 e. The van der Waals surface area contributed by atoms with Crippen molar-refractivity contribution in [1.82, 2.24) is 9.78 Å². The van der Waals surface area contributed by atoms with Gasteiger partial charge in [0.2, 0.25) is 5.69 Å². The van der Waals surface area contributed by atoms with Gasteiger partial charge in [0.1, 0.15) is 10.7 Å². The van der Waals surface area contributed by atoms with Crippen LogP contribution in [0.25, 0.3) is 5.69 Å². The molecule has 0 amide bonds. The molecule has 33 heavy (non-hydrogen) atoms. The third kappa shape index (κ3) is 5.19. The van der Waals surface area contributed by atoms with Crippen LogP contribution >= 0.6 is 0 Å². The molecule has 3 aromatic rings. The summed E-state index contributed by atoms with van der Waals surface area (Å²) in [4.78, 5) is 23.8. The van der Waals surface area contributed by atoms with Crippen LogP contribution in [0.2, 0.25) is 0 Å². The lowest BCUT2D eigenvalue weighted by atomic mass is 10.2. The first-order chi connectivity index (χ1) is 15.4. The summed E-state index contributed by atoms with van der Waals surface area (Å²) in [7, 11) is -5.04. The Morgan fingerprint density at radius 1 is 1.09 bits per heavy atom. The molecule has 0 atom stereocenters. The number of nitrogens with zero attached hydrogens (tertiary/aromatic N) is 2. The quantitative estimate of drug-likeness (QED) is 0.299. The van der Waals surface area contributed by atoms with Crippen LogP contribution in [0, 0.1) is 5.82 Å². The molecule has 1 aromatic heterocycles. The molecule has 0 aliphatic rings. The predicted molar refractivity (Wildman–Crippen MR) is 105 cm³/mol. The summed E-state index contributed by atoms with van der Waals surface area (Å²) < 4.78 is 88.0.